The maximum atomic E-state index is 10.5. The molecule has 1 aliphatic heterocycles. The summed E-state index contributed by atoms with van der Waals surface area (Å²) in [6, 6.07) is 7.41. The molecule has 1 heterocycles. The molecule has 1 fully saturated rings. The number of benzene rings is 1. The number of carbonyl (C=O) groups is 1. The van der Waals surface area contributed by atoms with E-state index in [0.717, 1.165) is 11.8 Å². The van der Waals surface area contributed by atoms with E-state index < -0.39 is 0 Å². The van der Waals surface area contributed by atoms with E-state index in [4.69, 9.17) is 9.47 Å². The summed E-state index contributed by atoms with van der Waals surface area (Å²) in [5.74, 6) is 0. The highest BCUT2D eigenvalue weighted by molar-refractivity contribution is 5.74. The van der Waals surface area contributed by atoms with Crippen molar-refractivity contribution in [1.29, 1.82) is 0 Å². The number of rotatable bonds is 3. The lowest BCUT2D eigenvalue weighted by atomic mass is 9.91. The van der Waals surface area contributed by atoms with Crippen molar-refractivity contribution in [2.45, 2.75) is 5.60 Å². The average Bonchev–Trinajstić information content (AvgIpc) is 2.18. The van der Waals surface area contributed by atoms with E-state index >= 15 is 0 Å². The molecule has 0 aromatic heterocycles. The summed E-state index contributed by atoms with van der Waals surface area (Å²) in [5, 5.41) is 0. The van der Waals surface area contributed by atoms with Gasteiger partial charge in [0.15, 0.2) is 0 Å². The Hall–Kier alpha value is -1.19. The lowest BCUT2D eigenvalue weighted by molar-refractivity contribution is -0.202. The number of ether oxygens (including phenoxy) is 2. The van der Waals surface area contributed by atoms with Gasteiger partial charge in [-0.2, -0.15) is 0 Å². The van der Waals surface area contributed by atoms with Gasteiger partial charge in [-0.15, -0.1) is 0 Å². The van der Waals surface area contributed by atoms with Gasteiger partial charge in [-0.05, 0) is 5.56 Å². The van der Waals surface area contributed by atoms with Crippen molar-refractivity contribution in [1.82, 2.24) is 0 Å². The van der Waals surface area contributed by atoms with Crippen LogP contribution in [0.5, 0.6) is 0 Å². The normalized spacial score (nSPS) is 18.6. The summed E-state index contributed by atoms with van der Waals surface area (Å²) < 4.78 is 10.6. The van der Waals surface area contributed by atoms with Crippen molar-refractivity contribution in [3.05, 3.63) is 35.4 Å². The molecule has 1 saturated heterocycles. The summed E-state index contributed by atoms with van der Waals surface area (Å²) in [4.78, 5) is 10.5. The van der Waals surface area contributed by atoms with Crippen LogP contribution in [0.1, 0.15) is 15.9 Å². The number of hydrogen-bond donors (Lipinski definition) is 0. The standard InChI is InChI=1S/C11H12O3/c1-13-11(7-14-8-11)10-4-2-9(6-12)3-5-10/h2-6H,7-8H2,1H3. The fourth-order valence-electron chi connectivity index (χ4n) is 1.56. The molecule has 0 amide bonds. The first-order chi connectivity index (χ1) is 6.80. The summed E-state index contributed by atoms with van der Waals surface area (Å²) in [5.41, 5.74) is 1.46. The molecule has 14 heavy (non-hydrogen) atoms. The highest BCUT2D eigenvalue weighted by Gasteiger charge is 2.40. The zero-order valence-electron chi connectivity index (χ0n) is 8.03. The molecule has 0 N–H and O–H groups in total. The maximum absolute atomic E-state index is 10.5. The molecule has 0 spiro atoms. The van der Waals surface area contributed by atoms with Crippen LogP contribution in [0.4, 0.5) is 0 Å². The molecule has 1 aromatic rings. The molecule has 0 aliphatic carbocycles. The Kier molecular flexibility index (Phi) is 2.35. The van der Waals surface area contributed by atoms with Gasteiger partial charge in [0.05, 0.1) is 13.2 Å². The number of methoxy groups -OCH3 is 1. The third kappa shape index (κ3) is 1.35. The van der Waals surface area contributed by atoms with E-state index in [2.05, 4.69) is 0 Å². The van der Waals surface area contributed by atoms with E-state index in [1.165, 1.54) is 0 Å². The Morgan fingerprint density at radius 2 is 2.00 bits per heavy atom. The SMILES string of the molecule is COC1(c2ccc(C=O)cc2)COC1. The molecule has 3 heteroatoms. The minimum Gasteiger partial charge on any atom is -0.375 e. The van der Waals surface area contributed by atoms with Crippen LogP contribution in [-0.4, -0.2) is 26.6 Å². The number of carbonyl (C=O) groups excluding carboxylic acids is 1. The largest absolute Gasteiger partial charge is 0.375 e. The Morgan fingerprint density at radius 1 is 1.36 bits per heavy atom. The predicted octanol–water partition coefficient (Wildman–Crippen LogP) is 1.37. The highest BCUT2D eigenvalue weighted by atomic mass is 16.6. The van der Waals surface area contributed by atoms with Gasteiger partial charge in [0.1, 0.15) is 11.9 Å². The lowest BCUT2D eigenvalue weighted by Gasteiger charge is -2.40. The molecular formula is C11H12O3. The molecular weight excluding hydrogens is 180 g/mol. The molecule has 0 bridgehead atoms. The van der Waals surface area contributed by atoms with E-state index in [-0.39, 0.29) is 5.60 Å². The van der Waals surface area contributed by atoms with E-state index in [9.17, 15) is 4.79 Å². The zero-order chi connectivity index (χ0) is 10.0. The van der Waals surface area contributed by atoms with Gasteiger partial charge < -0.3 is 9.47 Å². The molecule has 3 nitrogen and oxygen atoms in total. The predicted molar refractivity (Wildman–Crippen MR) is 51.3 cm³/mol. The first-order valence-electron chi connectivity index (χ1n) is 4.49. The lowest BCUT2D eigenvalue weighted by Crippen LogP contribution is -2.48. The van der Waals surface area contributed by atoms with E-state index in [0.29, 0.717) is 18.8 Å². The number of hydrogen-bond acceptors (Lipinski definition) is 3. The van der Waals surface area contributed by atoms with Crippen LogP contribution in [0, 0.1) is 0 Å². The third-order valence-electron chi connectivity index (χ3n) is 2.63. The topological polar surface area (TPSA) is 35.5 Å². The van der Waals surface area contributed by atoms with Gasteiger partial charge in [0, 0.05) is 12.7 Å². The molecule has 0 saturated carbocycles. The summed E-state index contributed by atoms with van der Waals surface area (Å²) in [6.07, 6.45) is 0.834. The minimum absolute atomic E-state index is 0.290. The summed E-state index contributed by atoms with van der Waals surface area (Å²) in [7, 11) is 1.68. The zero-order valence-corrected chi connectivity index (χ0v) is 8.03. The van der Waals surface area contributed by atoms with Gasteiger partial charge in [-0.3, -0.25) is 4.79 Å². The summed E-state index contributed by atoms with van der Waals surface area (Å²) in [6.45, 7) is 1.17. The highest BCUT2D eigenvalue weighted by Crippen LogP contribution is 2.32. The molecule has 74 valence electrons. The van der Waals surface area contributed by atoms with Crippen molar-refractivity contribution in [2.24, 2.45) is 0 Å². The Bertz CT molecular complexity index is 319. The van der Waals surface area contributed by atoms with Crippen LogP contribution >= 0.6 is 0 Å². The van der Waals surface area contributed by atoms with Gasteiger partial charge >= 0.3 is 0 Å². The molecule has 0 unspecified atom stereocenters. The Morgan fingerprint density at radius 3 is 2.36 bits per heavy atom. The summed E-state index contributed by atoms with van der Waals surface area (Å²) >= 11 is 0. The van der Waals surface area contributed by atoms with Crippen molar-refractivity contribution in [3.63, 3.8) is 0 Å². The van der Waals surface area contributed by atoms with E-state index in [1.54, 1.807) is 19.2 Å². The molecule has 1 aliphatic rings. The first-order valence-corrected chi connectivity index (χ1v) is 4.49. The Labute approximate surface area is 82.6 Å². The Balaban J connectivity index is 2.27. The van der Waals surface area contributed by atoms with Crippen LogP contribution in [0.2, 0.25) is 0 Å². The fraction of sp³-hybridized carbons (Fsp3) is 0.364. The van der Waals surface area contributed by atoms with Gasteiger partial charge in [-0.1, -0.05) is 24.3 Å². The molecule has 0 atom stereocenters. The van der Waals surface area contributed by atoms with Crippen molar-refractivity contribution >= 4 is 6.29 Å². The fourth-order valence-corrected chi connectivity index (χ4v) is 1.56. The van der Waals surface area contributed by atoms with Crippen LogP contribution < -0.4 is 0 Å². The third-order valence-corrected chi connectivity index (χ3v) is 2.63. The van der Waals surface area contributed by atoms with Crippen LogP contribution in [-0.2, 0) is 15.1 Å². The van der Waals surface area contributed by atoms with Crippen LogP contribution in [0.25, 0.3) is 0 Å². The second-order valence-electron chi connectivity index (χ2n) is 3.43. The quantitative estimate of drug-likeness (QED) is 0.678. The number of aldehydes is 1. The molecule has 0 radical (unpaired) electrons. The van der Waals surface area contributed by atoms with Crippen molar-refractivity contribution < 1.29 is 14.3 Å². The second-order valence-corrected chi connectivity index (χ2v) is 3.43. The van der Waals surface area contributed by atoms with Gasteiger partial charge in [-0.25, -0.2) is 0 Å². The molecule has 1 aromatic carbocycles. The first kappa shape index (κ1) is 9.37. The van der Waals surface area contributed by atoms with Crippen molar-refractivity contribution in [3.8, 4) is 0 Å². The monoisotopic (exact) mass is 192 g/mol. The maximum Gasteiger partial charge on any atom is 0.150 e. The molecule has 2 rings (SSSR count). The van der Waals surface area contributed by atoms with Gasteiger partial charge in [0.25, 0.3) is 0 Å². The van der Waals surface area contributed by atoms with Gasteiger partial charge in [0.2, 0.25) is 0 Å². The van der Waals surface area contributed by atoms with Crippen LogP contribution in [0.15, 0.2) is 24.3 Å². The van der Waals surface area contributed by atoms with Crippen molar-refractivity contribution in [2.75, 3.05) is 20.3 Å². The van der Waals surface area contributed by atoms with E-state index in [1.807, 2.05) is 12.1 Å². The smallest absolute Gasteiger partial charge is 0.150 e. The second kappa shape index (κ2) is 3.52. The minimum atomic E-state index is -0.290. The average molecular weight is 192 g/mol. The van der Waals surface area contributed by atoms with Crippen LogP contribution in [0.3, 0.4) is 0 Å².